The van der Waals surface area contributed by atoms with Crippen LogP contribution in [0.5, 0.6) is 0 Å². The van der Waals surface area contributed by atoms with Crippen LogP contribution in [0.2, 0.25) is 0 Å². The Labute approximate surface area is 447 Å². The number of hydrogen-bond acceptors (Lipinski definition) is 10. The maximum Gasteiger partial charge on any atom is 0.305 e. The zero-order chi connectivity index (χ0) is 53.1. The van der Waals surface area contributed by atoms with Crippen molar-refractivity contribution in [3.8, 4) is 0 Å². The molecule has 0 aliphatic carbocycles. The Hall–Kier alpha value is -2.12. The van der Waals surface area contributed by atoms with Gasteiger partial charge in [-0.15, -0.1) is 0 Å². The first kappa shape index (κ1) is 68.9. The number of aliphatic hydroxyl groups is 5. The molecule has 0 aromatic heterocycles. The number of allylic oxidation sites excluding steroid dienone is 5. The molecule has 0 radical (unpaired) electrons. The lowest BCUT2D eigenvalue weighted by atomic mass is 9.99. The summed E-state index contributed by atoms with van der Waals surface area (Å²) in [7, 11) is 0. The molecule has 0 saturated carbocycles. The molecule has 1 aliphatic rings. The molecule has 11 heteroatoms. The van der Waals surface area contributed by atoms with Gasteiger partial charge in [-0.3, -0.25) is 9.59 Å². The second-order valence-corrected chi connectivity index (χ2v) is 21.4. The van der Waals surface area contributed by atoms with Gasteiger partial charge in [-0.25, -0.2) is 0 Å². The molecular weight excluding hydrogens is 919 g/mol. The fourth-order valence-corrected chi connectivity index (χ4v) is 9.58. The van der Waals surface area contributed by atoms with Gasteiger partial charge in [-0.2, -0.15) is 0 Å². The maximum atomic E-state index is 13.0. The average molecular weight is 1030 g/mol. The summed E-state index contributed by atoms with van der Waals surface area (Å²) in [5.74, 6) is -0.228. The molecular formula is C62H115NO10. The molecule has 428 valence electrons. The molecule has 0 bridgehead atoms. The highest BCUT2D eigenvalue weighted by Crippen LogP contribution is 2.23. The third-order valence-corrected chi connectivity index (χ3v) is 14.5. The molecule has 1 aliphatic heterocycles. The van der Waals surface area contributed by atoms with Gasteiger partial charge in [0.2, 0.25) is 5.91 Å². The van der Waals surface area contributed by atoms with E-state index in [9.17, 15) is 35.1 Å². The Balaban J connectivity index is 2.03. The van der Waals surface area contributed by atoms with Crippen molar-refractivity contribution in [3.05, 3.63) is 36.5 Å². The van der Waals surface area contributed by atoms with Crippen LogP contribution >= 0.6 is 0 Å². The van der Waals surface area contributed by atoms with E-state index in [0.29, 0.717) is 19.4 Å². The van der Waals surface area contributed by atoms with Crippen molar-refractivity contribution in [2.75, 3.05) is 19.8 Å². The van der Waals surface area contributed by atoms with E-state index in [1.165, 1.54) is 161 Å². The summed E-state index contributed by atoms with van der Waals surface area (Å²) in [6, 6.07) is -0.821. The van der Waals surface area contributed by atoms with Gasteiger partial charge in [0.1, 0.15) is 24.4 Å². The zero-order valence-corrected chi connectivity index (χ0v) is 47.1. The summed E-state index contributed by atoms with van der Waals surface area (Å²) in [6.45, 7) is 4.27. The Morgan fingerprint density at radius 3 is 1.38 bits per heavy atom. The van der Waals surface area contributed by atoms with E-state index in [0.717, 1.165) is 96.3 Å². The Morgan fingerprint density at radius 2 is 0.918 bits per heavy atom. The van der Waals surface area contributed by atoms with Crippen LogP contribution in [0.3, 0.4) is 0 Å². The lowest BCUT2D eigenvalue weighted by Crippen LogP contribution is -2.60. The number of carbonyl (C=O) groups is 2. The third kappa shape index (κ3) is 41.7. The maximum absolute atomic E-state index is 13.0. The van der Waals surface area contributed by atoms with E-state index >= 15 is 0 Å². The molecule has 0 aromatic carbocycles. The summed E-state index contributed by atoms with van der Waals surface area (Å²) >= 11 is 0. The van der Waals surface area contributed by atoms with E-state index in [4.69, 9.17) is 14.2 Å². The minimum atomic E-state index is -1.58. The highest BCUT2D eigenvalue weighted by molar-refractivity contribution is 5.76. The molecule has 11 nitrogen and oxygen atoms in total. The van der Waals surface area contributed by atoms with Gasteiger partial charge in [0.15, 0.2) is 6.29 Å². The van der Waals surface area contributed by atoms with Crippen LogP contribution < -0.4 is 5.32 Å². The van der Waals surface area contributed by atoms with Crippen molar-refractivity contribution >= 4 is 11.9 Å². The predicted molar refractivity (Wildman–Crippen MR) is 301 cm³/mol. The molecule has 1 amide bonds. The van der Waals surface area contributed by atoms with Crippen molar-refractivity contribution in [2.24, 2.45) is 0 Å². The van der Waals surface area contributed by atoms with Crippen molar-refractivity contribution in [1.29, 1.82) is 0 Å². The van der Waals surface area contributed by atoms with Gasteiger partial charge >= 0.3 is 5.97 Å². The second-order valence-electron chi connectivity index (χ2n) is 21.4. The fraction of sp³-hybridized carbons (Fsp3) is 0.871. The van der Waals surface area contributed by atoms with E-state index < -0.39 is 49.5 Å². The summed E-state index contributed by atoms with van der Waals surface area (Å²) in [6.07, 6.45) is 54.0. The zero-order valence-electron chi connectivity index (χ0n) is 47.1. The lowest BCUT2D eigenvalue weighted by Gasteiger charge is -2.40. The van der Waals surface area contributed by atoms with Crippen LogP contribution in [-0.2, 0) is 23.8 Å². The molecule has 1 fully saturated rings. The van der Waals surface area contributed by atoms with Crippen molar-refractivity contribution in [1.82, 2.24) is 5.32 Å². The quantitative estimate of drug-likeness (QED) is 0.0195. The van der Waals surface area contributed by atoms with Gasteiger partial charge in [0.05, 0.1) is 32.0 Å². The van der Waals surface area contributed by atoms with Crippen LogP contribution in [-0.4, -0.2) is 100 Å². The summed E-state index contributed by atoms with van der Waals surface area (Å²) < 4.78 is 16.7. The number of aliphatic hydroxyl groups excluding tert-OH is 5. The molecule has 0 spiro atoms. The first-order valence-corrected chi connectivity index (χ1v) is 30.8. The summed E-state index contributed by atoms with van der Waals surface area (Å²) in [4.78, 5) is 25.1. The van der Waals surface area contributed by atoms with Crippen molar-refractivity contribution in [3.63, 3.8) is 0 Å². The van der Waals surface area contributed by atoms with Gasteiger partial charge in [-0.05, 0) is 70.6 Å². The Kier molecular flexibility index (Phi) is 49.0. The number of amides is 1. The second kappa shape index (κ2) is 52.0. The van der Waals surface area contributed by atoms with E-state index in [1.807, 2.05) is 6.08 Å². The number of ether oxygens (including phenoxy) is 3. The van der Waals surface area contributed by atoms with Crippen molar-refractivity contribution in [2.45, 2.75) is 326 Å². The van der Waals surface area contributed by atoms with Crippen LogP contribution in [0.15, 0.2) is 36.5 Å². The Morgan fingerprint density at radius 1 is 0.507 bits per heavy atom. The van der Waals surface area contributed by atoms with Crippen LogP contribution in [0, 0.1) is 0 Å². The third-order valence-electron chi connectivity index (χ3n) is 14.5. The number of rotatable bonds is 53. The molecule has 1 heterocycles. The first-order chi connectivity index (χ1) is 35.7. The molecule has 6 N–H and O–H groups in total. The Bertz CT molecular complexity index is 1310. The predicted octanol–water partition coefficient (Wildman–Crippen LogP) is 14.3. The van der Waals surface area contributed by atoms with Crippen LogP contribution in [0.1, 0.15) is 284 Å². The van der Waals surface area contributed by atoms with E-state index in [-0.39, 0.29) is 18.5 Å². The lowest BCUT2D eigenvalue weighted by molar-refractivity contribution is -0.302. The first-order valence-electron chi connectivity index (χ1n) is 30.8. The topological polar surface area (TPSA) is 175 Å². The van der Waals surface area contributed by atoms with E-state index in [2.05, 4.69) is 43.5 Å². The summed E-state index contributed by atoms with van der Waals surface area (Å²) in [5, 5.41) is 54.2. The number of unbranched alkanes of at least 4 members (excludes halogenated alkanes) is 35. The number of esters is 1. The molecule has 1 saturated heterocycles. The minimum Gasteiger partial charge on any atom is -0.466 e. The summed E-state index contributed by atoms with van der Waals surface area (Å²) in [5.41, 5.74) is 0. The van der Waals surface area contributed by atoms with Gasteiger partial charge in [0, 0.05) is 12.8 Å². The minimum absolute atomic E-state index is 0.0278. The molecule has 73 heavy (non-hydrogen) atoms. The molecule has 0 aromatic rings. The van der Waals surface area contributed by atoms with Crippen molar-refractivity contribution < 1.29 is 49.3 Å². The molecule has 7 atom stereocenters. The molecule has 1 rings (SSSR count). The number of hydrogen-bond donors (Lipinski definition) is 6. The highest BCUT2D eigenvalue weighted by atomic mass is 16.7. The van der Waals surface area contributed by atoms with E-state index in [1.54, 1.807) is 6.08 Å². The van der Waals surface area contributed by atoms with Gasteiger partial charge in [-0.1, -0.05) is 237 Å². The monoisotopic (exact) mass is 1030 g/mol. The standard InChI is InChI=1S/C62H115NO10/c1-3-5-7-9-11-13-14-15-16-17-18-21-24-27-30-34-38-42-46-50-58(67)71-51-47-43-39-35-31-28-25-22-19-20-23-26-29-33-37-41-45-49-57(66)63-54(55(65)48-44-40-36-32-12-10-8-6-4-2)53-72-62-61(70)60(69)59(68)56(52-64)73-62/h19,22,28,31,44,48,54-56,59-62,64-65,68-70H,3-18,20-21,23-27,29-30,32-43,45-47,49-53H2,1-2H3,(H,63,66)/b22-19-,31-28-,48-44+. The average Bonchev–Trinajstić information content (AvgIpc) is 3.39. The number of carbonyl (C=O) groups excluding carboxylic acids is 2. The number of nitrogens with one attached hydrogen (secondary N) is 1. The normalized spacial score (nSPS) is 19.1. The van der Waals surface area contributed by atoms with Gasteiger partial charge in [0.25, 0.3) is 0 Å². The molecule has 7 unspecified atom stereocenters. The SMILES string of the molecule is CCCCCCCCC/C=C/C(O)C(COC1OC(CO)C(O)C(O)C1O)NC(=O)CCCCCCCCC/C=C\C/C=C\CCCCCOC(=O)CCCCCCCCCCCCCCCCCCCCC. The van der Waals surface area contributed by atoms with Crippen LogP contribution in [0.25, 0.3) is 0 Å². The largest absolute Gasteiger partial charge is 0.466 e. The highest BCUT2D eigenvalue weighted by Gasteiger charge is 2.44. The fourth-order valence-electron chi connectivity index (χ4n) is 9.58. The smallest absolute Gasteiger partial charge is 0.305 e. The van der Waals surface area contributed by atoms with Gasteiger partial charge < -0.3 is 45.1 Å². The van der Waals surface area contributed by atoms with Crippen LogP contribution in [0.4, 0.5) is 0 Å².